The highest BCUT2D eigenvalue weighted by molar-refractivity contribution is 7.89. The maximum absolute atomic E-state index is 12.1. The number of hydrogen-bond donors (Lipinski definition) is 1. The molecule has 0 bridgehead atoms. The first-order valence-corrected chi connectivity index (χ1v) is 8.69. The van der Waals surface area contributed by atoms with E-state index in [9.17, 15) is 8.42 Å². The summed E-state index contributed by atoms with van der Waals surface area (Å²) in [5, 5.41) is 1.44. The standard InChI is InChI=1S/C14H12Cl3NO2S/c15-11-2-1-3-13(8-11)21(19,20)18-7-6-10-4-5-12(16)9-14(10)17/h1-5,8-9,18H,6-7H2. The van der Waals surface area contributed by atoms with E-state index in [0.29, 0.717) is 21.5 Å². The van der Waals surface area contributed by atoms with Crippen LogP contribution in [0, 0.1) is 0 Å². The van der Waals surface area contributed by atoms with E-state index in [0.717, 1.165) is 5.56 Å². The number of sulfonamides is 1. The smallest absolute Gasteiger partial charge is 0.211 e. The fraction of sp³-hybridized carbons (Fsp3) is 0.143. The van der Waals surface area contributed by atoms with Crippen LogP contribution in [0.25, 0.3) is 0 Å². The summed E-state index contributed by atoms with van der Waals surface area (Å²) < 4.78 is 26.7. The normalized spacial score (nSPS) is 11.6. The third kappa shape index (κ3) is 4.59. The molecule has 0 radical (unpaired) electrons. The molecule has 7 heteroatoms. The van der Waals surface area contributed by atoms with Crippen LogP contribution in [0.15, 0.2) is 47.4 Å². The highest BCUT2D eigenvalue weighted by atomic mass is 35.5. The van der Waals surface area contributed by atoms with Gasteiger partial charge in [0.25, 0.3) is 0 Å². The molecule has 0 atom stereocenters. The number of rotatable bonds is 5. The van der Waals surface area contributed by atoms with Crippen LogP contribution in [0.4, 0.5) is 0 Å². The van der Waals surface area contributed by atoms with Gasteiger partial charge in [0.2, 0.25) is 10.0 Å². The zero-order chi connectivity index (χ0) is 15.5. The fourth-order valence-electron chi connectivity index (χ4n) is 1.76. The number of hydrogen-bond acceptors (Lipinski definition) is 2. The maximum Gasteiger partial charge on any atom is 0.240 e. The Labute approximate surface area is 138 Å². The summed E-state index contributed by atoms with van der Waals surface area (Å²) in [6.07, 6.45) is 0.468. The van der Waals surface area contributed by atoms with Crippen molar-refractivity contribution in [3.63, 3.8) is 0 Å². The van der Waals surface area contributed by atoms with Crippen LogP contribution < -0.4 is 4.72 Å². The Morgan fingerprint density at radius 2 is 1.67 bits per heavy atom. The lowest BCUT2D eigenvalue weighted by molar-refractivity contribution is 0.581. The predicted molar refractivity (Wildman–Crippen MR) is 86.8 cm³/mol. The Balaban J connectivity index is 2.02. The van der Waals surface area contributed by atoms with Crippen LogP contribution in [-0.2, 0) is 16.4 Å². The van der Waals surface area contributed by atoms with Crippen molar-refractivity contribution in [3.05, 3.63) is 63.1 Å². The summed E-state index contributed by atoms with van der Waals surface area (Å²) in [5.74, 6) is 0. The van der Waals surface area contributed by atoms with Gasteiger partial charge in [-0.05, 0) is 42.3 Å². The zero-order valence-electron chi connectivity index (χ0n) is 10.8. The monoisotopic (exact) mass is 363 g/mol. The van der Waals surface area contributed by atoms with Crippen molar-refractivity contribution in [2.24, 2.45) is 0 Å². The molecule has 0 heterocycles. The van der Waals surface area contributed by atoms with Gasteiger partial charge in [0, 0.05) is 21.6 Å². The summed E-state index contributed by atoms with van der Waals surface area (Å²) in [7, 11) is -3.58. The van der Waals surface area contributed by atoms with Crippen molar-refractivity contribution in [3.8, 4) is 0 Å². The summed E-state index contributed by atoms with van der Waals surface area (Å²) >= 11 is 17.6. The van der Waals surface area contributed by atoms with E-state index in [1.807, 2.05) is 0 Å². The molecule has 2 aromatic rings. The van der Waals surface area contributed by atoms with Gasteiger partial charge in [-0.2, -0.15) is 0 Å². The van der Waals surface area contributed by atoms with Gasteiger partial charge >= 0.3 is 0 Å². The molecule has 2 aromatic carbocycles. The first kappa shape index (κ1) is 16.6. The molecule has 0 saturated heterocycles. The second kappa shape index (κ2) is 6.99. The highest BCUT2D eigenvalue weighted by Gasteiger charge is 2.13. The molecule has 0 unspecified atom stereocenters. The number of halogens is 3. The Morgan fingerprint density at radius 3 is 2.33 bits per heavy atom. The van der Waals surface area contributed by atoms with E-state index in [1.54, 1.807) is 30.3 Å². The van der Waals surface area contributed by atoms with Crippen LogP contribution in [0.2, 0.25) is 15.1 Å². The molecule has 0 saturated carbocycles. The van der Waals surface area contributed by atoms with Gasteiger partial charge in [0.1, 0.15) is 0 Å². The van der Waals surface area contributed by atoms with E-state index in [2.05, 4.69) is 4.72 Å². The molecule has 21 heavy (non-hydrogen) atoms. The van der Waals surface area contributed by atoms with Crippen LogP contribution in [0.5, 0.6) is 0 Å². The topological polar surface area (TPSA) is 46.2 Å². The van der Waals surface area contributed by atoms with Crippen molar-refractivity contribution in [2.75, 3.05) is 6.54 Å². The maximum atomic E-state index is 12.1. The van der Waals surface area contributed by atoms with Gasteiger partial charge in [0.15, 0.2) is 0 Å². The van der Waals surface area contributed by atoms with E-state index < -0.39 is 10.0 Å². The highest BCUT2D eigenvalue weighted by Crippen LogP contribution is 2.21. The SMILES string of the molecule is O=S(=O)(NCCc1ccc(Cl)cc1Cl)c1cccc(Cl)c1. The second-order valence-electron chi connectivity index (χ2n) is 4.34. The Morgan fingerprint density at radius 1 is 0.952 bits per heavy atom. The molecular formula is C14H12Cl3NO2S. The van der Waals surface area contributed by atoms with E-state index in [4.69, 9.17) is 34.8 Å². The molecule has 0 spiro atoms. The van der Waals surface area contributed by atoms with Crippen LogP contribution in [-0.4, -0.2) is 15.0 Å². The second-order valence-corrected chi connectivity index (χ2v) is 7.39. The van der Waals surface area contributed by atoms with Crippen molar-refractivity contribution in [1.82, 2.24) is 4.72 Å². The lowest BCUT2D eigenvalue weighted by Gasteiger charge is -2.08. The van der Waals surface area contributed by atoms with Crippen molar-refractivity contribution >= 4 is 44.8 Å². The van der Waals surface area contributed by atoms with Gasteiger partial charge in [-0.1, -0.05) is 46.9 Å². The minimum atomic E-state index is -3.58. The molecule has 1 N–H and O–H groups in total. The fourth-order valence-corrected chi connectivity index (χ4v) is 3.60. The molecule has 0 aliphatic carbocycles. The Hall–Kier alpha value is -0.780. The molecule has 0 amide bonds. The third-order valence-corrected chi connectivity index (χ3v) is 5.09. The van der Waals surface area contributed by atoms with Crippen LogP contribution >= 0.6 is 34.8 Å². The average molecular weight is 365 g/mol. The summed E-state index contributed by atoms with van der Waals surface area (Å²) in [4.78, 5) is 0.136. The van der Waals surface area contributed by atoms with Crippen LogP contribution in [0.3, 0.4) is 0 Å². The van der Waals surface area contributed by atoms with Crippen molar-refractivity contribution in [1.29, 1.82) is 0 Å². The van der Waals surface area contributed by atoms with E-state index in [-0.39, 0.29) is 11.4 Å². The van der Waals surface area contributed by atoms with Gasteiger partial charge in [-0.25, -0.2) is 13.1 Å². The largest absolute Gasteiger partial charge is 0.240 e. The van der Waals surface area contributed by atoms with Crippen molar-refractivity contribution < 1.29 is 8.42 Å². The average Bonchev–Trinajstić information content (AvgIpc) is 2.41. The zero-order valence-corrected chi connectivity index (χ0v) is 13.9. The first-order valence-electron chi connectivity index (χ1n) is 6.08. The molecule has 0 aliphatic heterocycles. The van der Waals surface area contributed by atoms with Gasteiger partial charge < -0.3 is 0 Å². The third-order valence-electron chi connectivity index (χ3n) is 2.81. The number of nitrogens with one attached hydrogen (secondary N) is 1. The molecule has 0 aliphatic rings. The molecule has 0 fully saturated rings. The van der Waals surface area contributed by atoms with Crippen LogP contribution in [0.1, 0.15) is 5.56 Å². The summed E-state index contributed by atoms with van der Waals surface area (Å²) in [6.45, 7) is 0.232. The van der Waals surface area contributed by atoms with E-state index in [1.165, 1.54) is 12.1 Å². The van der Waals surface area contributed by atoms with Gasteiger partial charge in [-0.15, -0.1) is 0 Å². The molecule has 112 valence electrons. The minimum absolute atomic E-state index is 0.136. The first-order chi connectivity index (χ1) is 9.88. The minimum Gasteiger partial charge on any atom is -0.211 e. The molecular weight excluding hydrogens is 353 g/mol. The molecule has 0 aromatic heterocycles. The van der Waals surface area contributed by atoms with Crippen molar-refractivity contribution in [2.45, 2.75) is 11.3 Å². The van der Waals surface area contributed by atoms with Gasteiger partial charge in [-0.3, -0.25) is 0 Å². The Bertz CT molecular complexity index is 748. The summed E-state index contributed by atoms with van der Waals surface area (Å²) in [6, 6.07) is 11.2. The molecule has 3 nitrogen and oxygen atoms in total. The number of benzene rings is 2. The lowest BCUT2D eigenvalue weighted by atomic mass is 10.1. The van der Waals surface area contributed by atoms with E-state index >= 15 is 0 Å². The predicted octanol–water partition coefficient (Wildman–Crippen LogP) is 4.17. The summed E-state index contributed by atoms with van der Waals surface area (Å²) in [5.41, 5.74) is 0.829. The quantitative estimate of drug-likeness (QED) is 0.865. The molecule has 2 rings (SSSR count). The van der Waals surface area contributed by atoms with Gasteiger partial charge in [0.05, 0.1) is 4.90 Å². The lowest BCUT2D eigenvalue weighted by Crippen LogP contribution is -2.26. The Kier molecular flexibility index (Phi) is 5.52.